The average molecular weight is 490 g/mol. The van der Waals surface area contributed by atoms with E-state index in [9.17, 15) is 0 Å². The molecule has 6 aliphatic rings. The van der Waals surface area contributed by atoms with E-state index in [1.165, 1.54) is 64.2 Å². The molecule has 7 heteroatoms. The van der Waals surface area contributed by atoms with Crippen molar-refractivity contribution in [2.24, 2.45) is 11.8 Å². The first kappa shape index (κ1) is 18.8. The molecule has 4 saturated heterocycles. The second kappa shape index (κ2) is 7.34. The van der Waals surface area contributed by atoms with Gasteiger partial charge in [-0.05, 0) is 0 Å². The van der Waals surface area contributed by atoms with Crippen LogP contribution in [0, 0.1) is 11.8 Å². The van der Waals surface area contributed by atoms with Crippen molar-refractivity contribution in [3.8, 4) is 0 Å². The van der Waals surface area contributed by atoms with E-state index in [0.717, 1.165) is 11.8 Å². The van der Waals surface area contributed by atoms with E-state index < -0.39 is 34.4 Å². The molecule has 8 unspecified atom stereocenters. The Labute approximate surface area is 176 Å². The molecule has 0 aromatic heterocycles. The molecule has 0 aromatic carbocycles. The Kier molecular flexibility index (Phi) is 5.11. The van der Waals surface area contributed by atoms with Crippen molar-refractivity contribution in [3.05, 3.63) is 0 Å². The molecule has 8 atom stereocenters. The molecule has 6 fully saturated rings. The standard InChI is InChI=1S/2C10H17NO.2Ga.O/c2*1-7-5-6-8-3-2-4-9(12)10(8)11-7;;;/h2*7-10H,2-6H2,1H3;;;/q2*-2;2*+2;. The Morgan fingerprint density at radius 2 is 1.15 bits per heavy atom. The van der Waals surface area contributed by atoms with Crippen molar-refractivity contribution in [3.63, 3.8) is 0 Å². The van der Waals surface area contributed by atoms with E-state index in [4.69, 9.17) is 9.38 Å². The molecule has 148 valence electrons. The summed E-state index contributed by atoms with van der Waals surface area (Å²) in [6.07, 6.45) is 14.5. The van der Waals surface area contributed by atoms with Crippen LogP contribution in [0.2, 0.25) is 0 Å². The average Bonchev–Trinajstić information content (AvgIpc) is 3.23. The van der Waals surface area contributed by atoms with Crippen LogP contribution in [0.25, 0.3) is 0 Å². The van der Waals surface area contributed by atoms with Crippen LogP contribution in [0.15, 0.2) is 0 Å². The topological polar surface area (TPSA) is 34.2 Å². The second-order valence-electron chi connectivity index (χ2n) is 10.2. The molecule has 2 aliphatic carbocycles. The quantitative estimate of drug-likeness (QED) is 0.557. The van der Waals surface area contributed by atoms with Crippen LogP contribution in [-0.2, 0) is 9.38 Å². The first-order chi connectivity index (χ1) is 13.2. The molecule has 0 amide bonds. The molecule has 0 spiro atoms. The van der Waals surface area contributed by atoms with Crippen LogP contribution < -0.4 is 0 Å². The Morgan fingerprint density at radius 1 is 0.667 bits per heavy atom. The minimum absolute atomic E-state index is 0.481. The van der Waals surface area contributed by atoms with Gasteiger partial charge in [-0.2, -0.15) is 0 Å². The molecule has 6 rings (SSSR count). The fourth-order valence-corrected chi connectivity index (χ4v) is 23.9. The monoisotopic (exact) mass is 488 g/mol. The zero-order valence-electron chi connectivity index (χ0n) is 17.0. The van der Waals surface area contributed by atoms with Gasteiger partial charge in [0.25, 0.3) is 0 Å². The van der Waals surface area contributed by atoms with Crippen LogP contribution in [-0.4, -0.2) is 78.0 Å². The maximum atomic E-state index is 7.05. The molecule has 2 saturated carbocycles. The third-order valence-corrected chi connectivity index (χ3v) is 22.9. The molecule has 0 bridgehead atoms. The van der Waals surface area contributed by atoms with Gasteiger partial charge in [-0.1, -0.05) is 0 Å². The van der Waals surface area contributed by atoms with Crippen molar-refractivity contribution in [2.45, 2.75) is 114 Å². The summed E-state index contributed by atoms with van der Waals surface area (Å²) in [6.45, 7) is 4.86. The second-order valence-corrected chi connectivity index (χ2v) is 20.0. The van der Waals surface area contributed by atoms with Gasteiger partial charge in [-0.3, -0.25) is 0 Å². The summed E-state index contributed by atoms with van der Waals surface area (Å²) >= 11 is -4.73. The normalized spacial score (nSPS) is 50.0. The molecule has 4 heterocycles. The van der Waals surface area contributed by atoms with Crippen LogP contribution >= 0.6 is 0 Å². The summed E-state index contributed by atoms with van der Waals surface area (Å²) in [5.74, 6) is 1.74. The summed E-state index contributed by atoms with van der Waals surface area (Å²) in [5, 5.41) is 0. The Morgan fingerprint density at radius 3 is 1.63 bits per heavy atom. The molecule has 5 nitrogen and oxygen atoms in total. The van der Waals surface area contributed by atoms with Gasteiger partial charge in [0.2, 0.25) is 0 Å². The van der Waals surface area contributed by atoms with Gasteiger partial charge in [0, 0.05) is 0 Å². The minimum atomic E-state index is -2.37. The number of hydrogen-bond donors (Lipinski definition) is 0. The van der Waals surface area contributed by atoms with Gasteiger partial charge >= 0.3 is 177 Å². The zero-order valence-corrected chi connectivity index (χ0v) is 21.8. The predicted molar refractivity (Wildman–Crippen MR) is 106 cm³/mol. The zero-order chi connectivity index (χ0) is 18.1. The molecule has 0 radical (unpaired) electrons. The van der Waals surface area contributed by atoms with E-state index in [2.05, 4.69) is 21.1 Å². The number of hydrogen-bond acceptors (Lipinski definition) is 5. The van der Waals surface area contributed by atoms with Crippen LogP contribution in [0.4, 0.5) is 0 Å². The fourth-order valence-electron chi connectivity index (χ4n) is 7.49. The van der Waals surface area contributed by atoms with Gasteiger partial charge in [0.05, 0.1) is 0 Å². The van der Waals surface area contributed by atoms with Gasteiger partial charge in [-0.15, -0.1) is 0 Å². The van der Waals surface area contributed by atoms with E-state index in [0.29, 0.717) is 36.4 Å². The Bertz CT molecular complexity index is 535. The van der Waals surface area contributed by atoms with Gasteiger partial charge < -0.3 is 0 Å². The van der Waals surface area contributed by atoms with E-state index in [-0.39, 0.29) is 0 Å². The third kappa shape index (κ3) is 3.02. The third-order valence-electron chi connectivity index (χ3n) is 8.77. The van der Waals surface area contributed by atoms with Crippen LogP contribution in [0.1, 0.15) is 78.1 Å². The Hall–Kier alpha value is 1.07. The Balaban J connectivity index is 1.24. The molecule has 0 aromatic rings. The van der Waals surface area contributed by atoms with Gasteiger partial charge in [0.1, 0.15) is 0 Å². The van der Waals surface area contributed by atoms with Gasteiger partial charge in [-0.25, -0.2) is 0 Å². The predicted octanol–water partition coefficient (Wildman–Crippen LogP) is 3.08. The maximum absolute atomic E-state index is 7.05. The van der Waals surface area contributed by atoms with E-state index >= 15 is 0 Å². The summed E-state index contributed by atoms with van der Waals surface area (Å²) in [6, 6.07) is 2.70. The summed E-state index contributed by atoms with van der Waals surface area (Å²) in [7, 11) is 0. The van der Waals surface area contributed by atoms with Crippen molar-refractivity contribution >= 4 is 34.4 Å². The molecule has 0 N–H and O–H groups in total. The van der Waals surface area contributed by atoms with Crippen molar-refractivity contribution in [1.29, 1.82) is 0 Å². The number of nitrogens with zero attached hydrogens (tertiary/aromatic N) is 2. The summed E-state index contributed by atoms with van der Waals surface area (Å²) in [4.78, 5) is 0. The summed E-state index contributed by atoms with van der Waals surface area (Å²) < 4.78 is 26.2. The van der Waals surface area contributed by atoms with Crippen molar-refractivity contribution in [2.75, 3.05) is 0 Å². The molecular weight excluding hydrogens is 456 g/mol. The first-order valence-corrected chi connectivity index (χ1v) is 17.8. The van der Waals surface area contributed by atoms with Gasteiger partial charge in [0.15, 0.2) is 0 Å². The SMILES string of the molecule is CC1CCC2CCCC3[O][Ga]([O][Ga]4[O]C5CCCC6CCC(C)[N]4C65)[N]1C23. The number of piperidine rings is 2. The van der Waals surface area contributed by atoms with Crippen LogP contribution in [0.3, 0.4) is 0 Å². The molecule has 27 heavy (non-hydrogen) atoms. The van der Waals surface area contributed by atoms with Crippen molar-refractivity contribution in [1.82, 2.24) is 7.21 Å². The first-order valence-electron chi connectivity index (χ1n) is 11.7. The molecular formula is C20H34Ga2N2O3. The van der Waals surface area contributed by atoms with E-state index in [1.54, 1.807) is 0 Å². The van der Waals surface area contributed by atoms with Crippen LogP contribution in [0.5, 0.6) is 0 Å². The van der Waals surface area contributed by atoms with Crippen molar-refractivity contribution < 1.29 is 9.38 Å². The van der Waals surface area contributed by atoms with E-state index in [1.807, 2.05) is 0 Å². The fraction of sp³-hybridized carbons (Fsp3) is 1.00. The molecule has 4 aliphatic heterocycles. The number of rotatable bonds is 2. The summed E-state index contributed by atoms with van der Waals surface area (Å²) in [5.41, 5.74) is 0.